The number of nitrogens with zero attached hydrogens (tertiary/aromatic N) is 2. The van der Waals surface area contributed by atoms with Crippen molar-refractivity contribution in [1.29, 1.82) is 0 Å². The fraction of sp³-hybridized carbons (Fsp3) is 0.148. The van der Waals surface area contributed by atoms with Crippen LogP contribution in [0.4, 0.5) is 10.1 Å². The summed E-state index contributed by atoms with van der Waals surface area (Å²) in [5.74, 6) is -1.31. The van der Waals surface area contributed by atoms with E-state index in [-0.39, 0.29) is 11.3 Å². The van der Waals surface area contributed by atoms with Gasteiger partial charge >= 0.3 is 0 Å². The van der Waals surface area contributed by atoms with Crippen LogP contribution in [0.25, 0.3) is 5.76 Å². The van der Waals surface area contributed by atoms with Crippen molar-refractivity contribution in [3.05, 3.63) is 101 Å². The second-order valence-electron chi connectivity index (χ2n) is 8.03. The van der Waals surface area contributed by atoms with Crippen LogP contribution in [0.15, 0.2) is 83.4 Å². The van der Waals surface area contributed by atoms with Gasteiger partial charge in [0, 0.05) is 16.8 Å². The van der Waals surface area contributed by atoms with E-state index in [0.717, 1.165) is 5.56 Å². The lowest BCUT2D eigenvalue weighted by molar-refractivity contribution is -0.132. The number of aliphatic hydroxyl groups excluding tert-OH is 1. The lowest BCUT2D eigenvalue weighted by Crippen LogP contribution is -2.29. The molecule has 3 aromatic carbocycles. The Morgan fingerprint density at radius 3 is 2.31 bits per heavy atom. The van der Waals surface area contributed by atoms with Crippen LogP contribution in [0.3, 0.4) is 0 Å². The minimum absolute atomic E-state index is 0.0839. The molecule has 0 spiro atoms. The molecule has 0 aliphatic carbocycles. The van der Waals surface area contributed by atoms with Crippen molar-refractivity contribution in [2.75, 3.05) is 25.2 Å². The average Bonchev–Trinajstić information content (AvgIpc) is 3.52. The molecule has 8 heteroatoms. The quantitative estimate of drug-likeness (QED) is 0.341. The monoisotopic (exact) mass is 472 g/mol. The number of Topliss-reactive ketones (excluding diaryl/α,β-unsaturated/α-hetero) is 1. The van der Waals surface area contributed by atoms with E-state index in [4.69, 9.17) is 9.47 Å². The number of aliphatic hydroxyl groups is 1. The van der Waals surface area contributed by atoms with Crippen LogP contribution in [-0.2, 0) is 14.3 Å². The van der Waals surface area contributed by atoms with E-state index in [1.807, 2.05) is 0 Å². The van der Waals surface area contributed by atoms with Crippen LogP contribution in [0, 0.1) is 5.82 Å². The number of rotatable bonds is 5. The minimum atomic E-state index is -0.955. The molecule has 5 rings (SSSR count). The Bertz CT molecular complexity index is 1350. The van der Waals surface area contributed by atoms with Crippen LogP contribution in [0.2, 0.25) is 0 Å². The van der Waals surface area contributed by atoms with Crippen LogP contribution < -0.4 is 9.64 Å². The zero-order chi connectivity index (χ0) is 24.5. The number of hydrogen-bond acceptors (Lipinski definition) is 6. The molecule has 0 radical (unpaired) electrons. The highest BCUT2D eigenvalue weighted by molar-refractivity contribution is 6.51. The summed E-state index contributed by atoms with van der Waals surface area (Å²) in [6, 6.07) is 17.9. The molecule has 176 valence electrons. The highest BCUT2D eigenvalue weighted by Gasteiger charge is 2.47. The summed E-state index contributed by atoms with van der Waals surface area (Å²) in [5.41, 5.74) is 1.94. The Kier molecular flexibility index (Phi) is 5.78. The maximum atomic E-state index is 13.7. The summed E-state index contributed by atoms with van der Waals surface area (Å²) in [5, 5.41) is 11.1. The Morgan fingerprint density at radius 2 is 1.71 bits per heavy atom. The molecular formula is C27H21FN2O5. The molecule has 2 aliphatic heterocycles. The van der Waals surface area contributed by atoms with Gasteiger partial charge in [0.05, 0.1) is 25.3 Å². The lowest BCUT2D eigenvalue weighted by Gasteiger charge is -2.25. The van der Waals surface area contributed by atoms with Gasteiger partial charge in [-0.05, 0) is 66.2 Å². The van der Waals surface area contributed by atoms with Gasteiger partial charge in [0.1, 0.15) is 23.9 Å². The van der Waals surface area contributed by atoms with Gasteiger partial charge in [0.25, 0.3) is 11.7 Å². The van der Waals surface area contributed by atoms with E-state index in [9.17, 15) is 19.1 Å². The molecular weight excluding hydrogens is 451 g/mol. The van der Waals surface area contributed by atoms with Crippen molar-refractivity contribution < 1.29 is 28.6 Å². The van der Waals surface area contributed by atoms with Gasteiger partial charge in [-0.25, -0.2) is 9.38 Å². The van der Waals surface area contributed by atoms with Gasteiger partial charge in [-0.15, -0.1) is 0 Å². The first kappa shape index (κ1) is 22.3. The number of benzene rings is 3. The molecule has 1 amide bonds. The molecule has 35 heavy (non-hydrogen) atoms. The third-order valence-corrected chi connectivity index (χ3v) is 5.97. The Morgan fingerprint density at radius 1 is 1.03 bits per heavy atom. The summed E-state index contributed by atoms with van der Waals surface area (Å²) in [4.78, 5) is 32.0. The number of methoxy groups -OCH3 is 1. The van der Waals surface area contributed by atoms with Gasteiger partial charge in [-0.1, -0.05) is 12.1 Å². The van der Waals surface area contributed by atoms with Gasteiger partial charge < -0.3 is 14.6 Å². The highest BCUT2D eigenvalue weighted by Crippen LogP contribution is 2.42. The first-order valence-electron chi connectivity index (χ1n) is 11.0. The number of amides is 1. The van der Waals surface area contributed by atoms with E-state index in [1.165, 1.54) is 36.3 Å². The third kappa shape index (κ3) is 4.03. The molecule has 1 fully saturated rings. The molecule has 1 atom stereocenters. The zero-order valence-electron chi connectivity index (χ0n) is 18.8. The number of ether oxygens (including phenoxy) is 2. The van der Waals surface area contributed by atoms with E-state index in [0.29, 0.717) is 41.6 Å². The number of ketones is 1. The molecule has 2 aliphatic rings. The van der Waals surface area contributed by atoms with Crippen molar-refractivity contribution in [2.24, 2.45) is 4.99 Å². The highest BCUT2D eigenvalue weighted by atomic mass is 19.1. The summed E-state index contributed by atoms with van der Waals surface area (Å²) in [7, 11) is 1.52. The largest absolute Gasteiger partial charge is 0.507 e. The molecule has 7 nitrogen and oxygen atoms in total. The first-order chi connectivity index (χ1) is 17.0. The Balaban J connectivity index is 1.62. The summed E-state index contributed by atoms with van der Waals surface area (Å²) >= 11 is 0. The van der Waals surface area contributed by atoms with Gasteiger partial charge in [-0.2, -0.15) is 0 Å². The van der Waals surface area contributed by atoms with Crippen LogP contribution in [-0.4, -0.2) is 43.0 Å². The van der Waals surface area contributed by atoms with E-state index in [1.54, 1.807) is 48.5 Å². The molecule has 1 unspecified atom stereocenters. The number of halogens is 1. The van der Waals surface area contributed by atoms with Crippen LogP contribution >= 0.6 is 0 Å². The zero-order valence-corrected chi connectivity index (χ0v) is 18.8. The maximum absolute atomic E-state index is 13.7. The predicted octanol–water partition coefficient (Wildman–Crippen LogP) is 4.24. The first-order valence-corrected chi connectivity index (χ1v) is 11.0. The third-order valence-electron chi connectivity index (χ3n) is 5.97. The number of aliphatic imine (C=N–C) groups is 1. The fourth-order valence-corrected chi connectivity index (χ4v) is 4.24. The normalized spacial score (nSPS) is 19.0. The van der Waals surface area contributed by atoms with Crippen molar-refractivity contribution in [3.63, 3.8) is 0 Å². The minimum Gasteiger partial charge on any atom is -0.507 e. The smallest absolute Gasteiger partial charge is 0.300 e. The van der Waals surface area contributed by atoms with Gasteiger partial charge in [0.2, 0.25) is 5.90 Å². The average molecular weight is 472 g/mol. The molecule has 1 saturated heterocycles. The Hall–Kier alpha value is -4.46. The predicted molar refractivity (Wildman–Crippen MR) is 128 cm³/mol. The molecule has 0 saturated carbocycles. The van der Waals surface area contributed by atoms with Crippen molar-refractivity contribution in [3.8, 4) is 5.75 Å². The van der Waals surface area contributed by atoms with Crippen LogP contribution in [0.1, 0.15) is 22.7 Å². The second-order valence-corrected chi connectivity index (χ2v) is 8.03. The number of anilines is 1. The number of hydrogen-bond donors (Lipinski definition) is 1. The fourth-order valence-electron chi connectivity index (χ4n) is 4.24. The van der Waals surface area contributed by atoms with E-state index in [2.05, 4.69) is 4.99 Å². The Labute approximate surface area is 200 Å². The molecule has 0 aromatic heterocycles. The number of carbonyl (C=O) groups is 2. The molecule has 1 N–H and O–H groups in total. The van der Waals surface area contributed by atoms with Gasteiger partial charge in [-0.3, -0.25) is 14.5 Å². The molecule has 3 aromatic rings. The van der Waals surface area contributed by atoms with Crippen molar-refractivity contribution >= 4 is 29.0 Å². The summed E-state index contributed by atoms with van der Waals surface area (Å²) in [6.45, 7) is 1.10. The van der Waals surface area contributed by atoms with Crippen molar-refractivity contribution in [2.45, 2.75) is 6.04 Å². The second kappa shape index (κ2) is 9.06. The van der Waals surface area contributed by atoms with E-state index >= 15 is 0 Å². The summed E-state index contributed by atoms with van der Waals surface area (Å²) in [6.07, 6.45) is 0. The topological polar surface area (TPSA) is 88.4 Å². The van der Waals surface area contributed by atoms with Crippen LogP contribution in [0.5, 0.6) is 5.75 Å². The van der Waals surface area contributed by atoms with Gasteiger partial charge in [0.15, 0.2) is 0 Å². The molecule has 2 heterocycles. The number of carbonyl (C=O) groups excluding carboxylic acids is 2. The van der Waals surface area contributed by atoms with E-state index < -0.39 is 23.5 Å². The lowest BCUT2D eigenvalue weighted by atomic mass is 9.95. The summed E-state index contributed by atoms with van der Waals surface area (Å²) < 4.78 is 24.3. The standard InChI is InChI=1S/C27H21FN2O5/c1-34-21-12-6-17(7-13-21)24(31)22-23(16-2-8-19(28)9-3-16)30(27(33)25(22)32)20-10-4-18(5-11-20)26-29-14-15-35-26/h2-13,23,31H,14-15H2,1H3/b24-22-. The SMILES string of the molecule is COc1ccc(/C(O)=C2/C(=O)C(=O)N(c3ccc(C4=NCCO4)cc3)C2c2ccc(F)cc2)cc1. The molecule has 0 bridgehead atoms. The van der Waals surface area contributed by atoms with Crippen molar-refractivity contribution in [1.82, 2.24) is 0 Å². The maximum Gasteiger partial charge on any atom is 0.300 e.